The first-order chi connectivity index (χ1) is 11.2. The molecule has 2 aliphatic rings. The Balaban J connectivity index is 1.67. The number of hydrogen-bond donors (Lipinski definition) is 1. The summed E-state index contributed by atoms with van der Waals surface area (Å²) in [5, 5.41) is 7.13. The van der Waals surface area contributed by atoms with E-state index in [-0.39, 0.29) is 24.7 Å². The van der Waals surface area contributed by atoms with Gasteiger partial charge in [0.1, 0.15) is 0 Å². The van der Waals surface area contributed by atoms with Gasteiger partial charge in [-0.25, -0.2) is 8.78 Å². The van der Waals surface area contributed by atoms with E-state index in [2.05, 4.69) is 10.2 Å². The standard InChI is InChI=1S/C16H24F2N4O2/c1-10-8-12-13(11(2)24-10)19-20-14(12)15(23)22-6-4-21(5-7-22)9-16(3,17)18/h10-11H,4-9H2,1-3H3,(H,19,20)/t10-,11+/m1/s1. The zero-order chi connectivity index (χ0) is 17.5. The van der Waals surface area contributed by atoms with Crippen molar-refractivity contribution < 1.29 is 18.3 Å². The topological polar surface area (TPSA) is 61.5 Å². The number of ether oxygens (including phenoxy) is 1. The van der Waals surface area contributed by atoms with Gasteiger partial charge in [0, 0.05) is 45.1 Å². The summed E-state index contributed by atoms with van der Waals surface area (Å²) in [4.78, 5) is 16.2. The summed E-state index contributed by atoms with van der Waals surface area (Å²) in [6.07, 6.45) is 0.584. The zero-order valence-corrected chi connectivity index (χ0v) is 14.3. The number of aromatic amines is 1. The van der Waals surface area contributed by atoms with Crippen LogP contribution in [0.5, 0.6) is 0 Å². The molecule has 1 aromatic rings. The van der Waals surface area contributed by atoms with Crippen molar-refractivity contribution in [2.45, 2.75) is 45.3 Å². The fourth-order valence-electron chi connectivity index (χ4n) is 3.50. The van der Waals surface area contributed by atoms with Crippen LogP contribution in [0.2, 0.25) is 0 Å². The summed E-state index contributed by atoms with van der Waals surface area (Å²) >= 11 is 0. The zero-order valence-electron chi connectivity index (χ0n) is 14.3. The smallest absolute Gasteiger partial charge is 0.274 e. The van der Waals surface area contributed by atoms with Crippen molar-refractivity contribution in [1.82, 2.24) is 20.0 Å². The summed E-state index contributed by atoms with van der Waals surface area (Å²) in [5.41, 5.74) is 2.23. The molecule has 1 N–H and O–H groups in total. The van der Waals surface area contributed by atoms with Gasteiger partial charge in [-0.1, -0.05) is 0 Å². The van der Waals surface area contributed by atoms with Crippen LogP contribution in [0.25, 0.3) is 0 Å². The average Bonchev–Trinajstić information content (AvgIpc) is 2.89. The first kappa shape index (κ1) is 17.3. The van der Waals surface area contributed by atoms with Gasteiger partial charge in [0.25, 0.3) is 11.8 Å². The van der Waals surface area contributed by atoms with E-state index in [1.165, 1.54) is 0 Å². The number of hydrogen-bond acceptors (Lipinski definition) is 4. The van der Waals surface area contributed by atoms with Gasteiger partial charge >= 0.3 is 0 Å². The Hall–Kier alpha value is -1.54. The van der Waals surface area contributed by atoms with Crippen LogP contribution in [0.15, 0.2) is 0 Å². The number of carbonyl (C=O) groups is 1. The summed E-state index contributed by atoms with van der Waals surface area (Å²) < 4.78 is 31.9. The molecule has 0 unspecified atom stereocenters. The molecular formula is C16H24F2N4O2. The van der Waals surface area contributed by atoms with Gasteiger partial charge in [-0.15, -0.1) is 0 Å². The lowest BCUT2D eigenvalue weighted by Gasteiger charge is -2.35. The van der Waals surface area contributed by atoms with Crippen molar-refractivity contribution >= 4 is 5.91 Å². The summed E-state index contributed by atoms with van der Waals surface area (Å²) in [6.45, 7) is 6.37. The molecule has 6 nitrogen and oxygen atoms in total. The third-order valence-electron chi connectivity index (χ3n) is 4.60. The Kier molecular flexibility index (Phi) is 4.61. The van der Waals surface area contributed by atoms with Crippen LogP contribution in [0.3, 0.4) is 0 Å². The molecule has 8 heteroatoms. The van der Waals surface area contributed by atoms with Crippen LogP contribution in [0.4, 0.5) is 8.78 Å². The number of aromatic nitrogens is 2. The highest BCUT2D eigenvalue weighted by molar-refractivity contribution is 5.94. The minimum atomic E-state index is -2.71. The number of fused-ring (bicyclic) bond motifs is 1. The molecule has 0 aromatic carbocycles. The second-order valence-corrected chi connectivity index (χ2v) is 6.90. The SMILES string of the molecule is C[C@@H]1Cc2c(C(=O)N3CCN(CC(C)(F)F)CC3)n[nH]c2[C@H](C)O1. The molecule has 2 aliphatic heterocycles. The van der Waals surface area contributed by atoms with Gasteiger partial charge in [0.05, 0.1) is 24.4 Å². The van der Waals surface area contributed by atoms with Crippen molar-refractivity contribution in [2.75, 3.05) is 32.7 Å². The van der Waals surface area contributed by atoms with Gasteiger partial charge < -0.3 is 9.64 Å². The molecule has 1 fully saturated rings. The molecule has 3 rings (SSSR count). The predicted octanol–water partition coefficient (Wildman–Crippen LogP) is 1.84. The largest absolute Gasteiger partial charge is 0.369 e. The fraction of sp³-hybridized carbons (Fsp3) is 0.750. The maximum atomic E-state index is 13.1. The van der Waals surface area contributed by atoms with Gasteiger partial charge in [-0.3, -0.25) is 14.8 Å². The molecule has 2 atom stereocenters. The number of nitrogens with zero attached hydrogens (tertiary/aromatic N) is 3. The molecule has 0 radical (unpaired) electrons. The summed E-state index contributed by atoms with van der Waals surface area (Å²) in [6, 6.07) is 0. The quantitative estimate of drug-likeness (QED) is 0.911. The number of H-pyrrole nitrogens is 1. The lowest BCUT2D eigenvalue weighted by molar-refractivity contribution is -0.0241. The van der Waals surface area contributed by atoms with Crippen molar-refractivity contribution in [3.05, 3.63) is 17.0 Å². The maximum absolute atomic E-state index is 13.1. The van der Waals surface area contributed by atoms with Crippen LogP contribution in [0.1, 0.15) is 48.6 Å². The summed E-state index contributed by atoms with van der Waals surface area (Å²) in [5.74, 6) is -2.84. The van der Waals surface area contributed by atoms with E-state index < -0.39 is 5.92 Å². The van der Waals surface area contributed by atoms with Crippen molar-refractivity contribution in [2.24, 2.45) is 0 Å². The van der Waals surface area contributed by atoms with Crippen LogP contribution in [-0.2, 0) is 11.2 Å². The molecule has 0 bridgehead atoms. The van der Waals surface area contributed by atoms with E-state index in [9.17, 15) is 13.6 Å². The number of carbonyl (C=O) groups excluding carboxylic acids is 1. The third kappa shape index (κ3) is 3.59. The molecule has 24 heavy (non-hydrogen) atoms. The highest BCUT2D eigenvalue weighted by atomic mass is 19.3. The van der Waals surface area contributed by atoms with E-state index in [1.807, 2.05) is 13.8 Å². The Morgan fingerprint density at radius 1 is 1.33 bits per heavy atom. The van der Waals surface area contributed by atoms with Crippen LogP contribution >= 0.6 is 0 Å². The minimum Gasteiger partial charge on any atom is -0.369 e. The molecule has 0 saturated carbocycles. The lowest BCUT2D eigenvalue weighted by Crippen LogP contribution is -2.51. The monoisotopic (exact) mass is 342 g/mol. The van der Waals surface area contributed by atoms with Crippen molar-refractivity contribution in [3.63, 3.8) is 0 Å². The van der Waals surface area contributed by atoms with Gasteiger partial charge in [-0.05, 0) is 13.8 Å². The van der Waals surface area contributed by atoms with Crippen LogP contribution in [-0.4, -0.2) is 70.7 Å². The normalized spacial score (nSPS) is 25.6. The second kappa shape index (κ2) is 6.40. The Bertz CT molecular complexity index is 606. The van der Waals surface area contributed by atoms with Gasteiger partial charge in [-0.2, -0.15) is 5.10 Å². The maximum Gasteiger partial charge on any atom is 0.274 e. The van der Waals surface area contributed by atoms with E-state index >= 15 is 0 Å². The summed E-state index contributed by atoms with van der Waals surface area (Å²) in [7, 11) is 0. The molecule has 3 heterocycles. The average molecular weight is 342 g/mol. The van der Waals surface area contributed by atoms with Crippen LogP contribution in [0, 0.1) is 0 Å². The number of alkyl halides is 2. The number of halogens is 2. The molecule has 1 amide bonds. The molecular weight excluding hydrogens is 318 g/mol. The Labute approximate surface area is 140 Å². The molecule has 1 saturated heterocycles. The van der Waals surface area contributed by atoms with E-state index in [0.717, 1.165) is 18.2 Å². The third-order valence-corrected chi connectivity index (χ3v) is 4.60. The molecule has 0 spiro atoms. The van der Waals surface area contributed by atoms with Crippen molar-refractivity contribution in [3.8, 4) is 0 Å². The molecule has 0 aliphatic carbocycles. The molecule has 1 aromatic heterocycles. The number of rotatable bonds is 3. The van der Waals surface area contributed by atoms with E-state index in [4.69, 9.17) is 4.74 Å². The van der Waals surface area contributed by atoms with E-state index in [0.29, 0.717) is 38.3 Å². The van der Waals surface area contributed by atoms with Gasteiger partial charge in [0.2, 0.25) is 0 Å². The highest BCUT2D eigenvalue weighted by Crippen LogP contribution is 2.30. The Morgan fingerprint density at radius 2 is 2.00 bits per heavy atom. The fourth-order valence-corrected chi connectivity index (χ4v) is 3.50. The number of nitrogens with one attached hydrogen (secondary N) is 1. The lowest BCUT2D eigenvalue weighted by atomic mass is 9.99. The Morgan fingerprint density at radius 3 is 2.62 bits per heavy atom. The first-order valence-corrected chi connectivity index (χ1v) is 8.36. The molecule has 134 valence electrons. The van der Waals surface area contributed by atoms with Crippen LogP contribution < -0.4 is 0 Å². The second-order valence-electron chi connectivity index (χ2n) is 6.90. The van der Waals surface area contributed by atoms with Crippen molar-refractivity contribution in [1.29, 1.82) is 0 Å². The number of amides is 1. The number of piperazine rings is 1. The minimum absolute atomic E-state index is 0.0419. The first-order valence-electron chi connectivity index (χ1n) is 8.36. The van der Waals surface area contributed by atoms with Gasteiger partial charge in [0.15, 0.2) is 5.69 Å². The predicted molar refractivity (Wildman–Crippen MR) is 84.2 cm³/mol. The highest BCUT2D eigenvalue weighted by Gasteiger charge is 2.33. The van der Waals surface area contributed by atoms with E-state index in [1.54, 1.807) is 9.80 Å².